The smallest absolute Gasteiger partial charge is 0.326 e. The third-order valence-corrected chi connectivity index (χ3v) is 17.1. The number of carboxylic acid groups (broad SMARTS) is 3. The van der Waals surface area contributed by atoms with Crippen molar-refractivity contribution in [2.45, 2.75) is 182 Å². The molecule has 40 nitrogen and oxygen atoms in total. The van der Waals surface area contributed by atoms with Crippen LogP contribution in [0.3, 0.4) is 0 Å². The molecule has 2 saturated heterocycles. The number of rotatable bonds is 43. The number of carbonyl (C=O) groups is 15. The van der Waals surface area contributed by atoms with Crippen molar-refractivity contribution in [3.8, 4) is 0 Å². The minimum absolute atomic E-state index is 0.00561. The van der Waals surface area contributed by atoms with Gasteiger partial charge in [-0.2, -0.15) is 11.8 Å². The molecule has 1 aromatic carbocycles. The summed E-state index contributed by atoms with van der Waals surface area (Å²) in [5, 5.41) is 72.9. The van der Waals surface area contributed by atoms with Crippen LogP contribution >= 0.6 is 11.8 Å². The van der Waals surface area contributed by atoms with Gasteiger partial charge in [-0.05, 0) is 102 Å². The topological polar surface area (TPSA) is 669 Å². The predicted molar refractivity (Wildman–Crippen MR) is 365 cm³/mol. The molecule has 2 fully saturated rings. The van der Waals surface area contributed by atoms with Gasteiger partial charge in [-0.3, -0.25) is 77.1 Å². The van der Waals surface area contributed by atoms with Crippen LogP contribution in [-0.2, 0) is 78.3 Å². The Hall–Kier alpha value is -10.4. The van der Waals surface area contributed by atoms with E-state index in [0.29, 0.717) is 22.9 Å². The average molecular weight is 1460 g/mol. The highest BCUT2D eigenvalue weighted by molar-refractivity contribution is 7.98. The van der Waals surface area contributed by atoms with Crippen LogP contribution < -0.4 is 82.3 Å². The van der Waals surface area contributed by atoms with E-state index in [9.17, 15) is 97.5 Å². The second-order valence-electron chi connectivity index (χ2n) is 24.3. The number of fused-ring (bicyclic) bond motifs is 1. The van der Waals surface area contributed by atoms with Crippen LogP contribution in [0.1, 0.15) is 103 Å². The van der Waals surface area contributed by atoms with Gasteiger partial charge in [-0.1, -0.05) is 18.2 Å². The number of thioether (sulfide) groups is 1. The minimum Gasteiger partial charge on any atom is -0.481 e. The molecule has 12 amide bonds. The van der Waals surface area contributed by atoms with Crippen molar-refractivity contribution in [3.05, 3.63) is 36.0 Å². The number of likely N-dealkylation sites (tertiary alicyclic amines) is 2. The lowest BCUT2D eigenvalue weighted by Gasteiger charge is -2.31. The number of nitrogens with two attached hydrogens (primary N) is 6. The van der Waals surface area contributed by atoms with Crippen molar-refractivity contribution >= 4 is 123 Å². The number of aromatic nitrogens is 1. The molecule has 102 heavy (non-hydrogen) atoms. The summed E-state index contributed by atoms with van der Waals surface area (Å²) in [4.78, 5) is 216. The van der Waals surface area contributed by atoms with E-state index in [0.717, 1.165) is 23.6 Å². The van der Waals surface area contributed by atoms with Gasteiger partial charge in [0.05, 0.1) is 31.6 Å². The van der Waals surface area contributed by atoms with Crippen molar-refractivity contribution < 1.29 is 97.5 Å². The summed E-state index contributed by atoms with van der Waals surface area (Å²) < 4.78 is 0. The number of nitrogens with zero attached hydrogens (tertiary/aromatic N) is 4. The Labute approximate surface area is 588 Å². The highest BCUT2D eigenvalue weighted by Gasteiger charge is 2.43. The van der Waals surface area contributed by atoms with Crippen molar-refractivity contribution in [3.63, 3.8) is 0 Å². The minimum atomic E-state index is -2.09. The summed E-state index contributed by atoms with van der Waals surface area (Å²) in [5.74, 6) is -17.6. The lowest BCUT2D eigenvalue weighted by Crippen LogP contribution is -2.63. The molecule has 1 aromatic heterocycles. The quantitative estimate of drug-likeness (QED) is 0.0167. The van der Waals surface area contributed by atoms with Crippen LogP contribution in [0.5, 0.6) is 0 Å². The molecule has 2 aromatic rings. The molecule has 0 radical (unpaired) electrons. The van der Waals surface area contributed by atoms with Crippen LogP contribution in [0.2, 0.25) is 0 Å². The molecule has 13 atom stereocenters. The van der Waals surface area contributed by atoms with Gasteiger partial charge in [-0.15, -0.1) is 0 Å². The first-order valence-corrected chi connectivity index (χ1v) is 34.1. The fourth-order valence-corrected chi connectivity index (χ4v) is 11.7. The number of primary amides is 1. The number of guanidine groups is 2. The van der Waals surface area contributed by atoms with Crippen LogP contribution in [0.25, 0.3) is 10.9 Å². The summed E-state index contributed by atoms with van der Waals surface area (Å²) in [6, 6.07) is -11.4. The van der Waals surface area contributed by atoms with Crippen LogP contribution in [0, 0.1) is 0 Å². The molecule has 0 unspecified atom stereocenters. The van der Waals surface area contributed by atoms with E-state index in [1.165, 1.54) is 11.8 Å². The van der Waals surface area contributed by atoms with Gasteiger partial charge in [0.25, 0.3) is 0 Å². The van der Waals surface area contributed by atoms with E-state index >= 15 is 0 Å². The number of benzene rings is 1. The predicted octanol–water partition coefficient (Wildman–Crippen LogP) is -8.06. The molecular formula is C61H94N20O20S. The molecule has 0 spiro atoms. The molecule has 564 valence electrons. The zero-order valence-corrected chi connectivity index (χ0v) is 57.4. The summed E-state index contributed by atoms with van der Waals surface area (Å²) in [5.41, 5.74) is 34.2. The number of H-pyrrole nitrogens is 1. The zero-order valence-electron chi connectivity index (χ0n) is 56.6. The Morgan fingerprint density at radius 2 is 1.03 bits per heavy atom. The van der Waals surface area contributed by atoms with E-state index in [1.807, 2.05) is 0 Å². The fourth-order valence-electron chi connectivity index (χ4n) is 11.3. The largest absolute Gasteiger partial charge is 0.481 e. The highest BCUT2D eigenvalue weighted by Crippen LogP contribution is 2.23. The van der Waals surface area contributed by atoms with Crippen molar-refractivity contribution in [2.75, 3.05) is 44.7 Å². The van der Waals surface area contributed by atoms with E-state index in [1.54, 1.807) is 36.7 Å². The Bertz CT molecular complexity index is 3400. The fraction of sp³-hybridized carbons (Fsp3) is 0.590. The van der Waals surface area contributed by atoms with Crippen molar-refractivity contribution in [2.24, 2.45) is 44.4 Å². The van der Waals surface area contributed by atoms with E-state index in [-0.39, 0.29) is 108 Å². The number of amides is 12. The maximum Gasteiger partial charge on any atom is 0.326 e. The monoisotopic (exact) mass is 1460 g/mol. The maximum absolute atomic E-state index is 14.9. The number of hydrogen-bond acceptors (Lipinski definition) is 21. The molecule has 2 aliphatic heterocycles. The molecule has 3 heterocycles. The second kappa shape index (κ2) is 41.4. The normalized spacial score (nSPS) is 17.3. The average Bonchev–Trinajstić information content (AvgIpc) is 1.63. The lowest BCUT2D eigenvalue weighted by molar-refractivity contribution is -0.149. The lowest BCUT2D eigenvalue weighted by atomic mass is 10.0. The van der Waals surface area contributed by atoms with E-state index in [2.05, 4.69) is 62.8 Å². The Morgan fingerprint density at radius 3 is 1.54 bits per heavy atom. The van der Waals surface area contributed by atoms with Gasteiger partial charge < -0.3 is 123 Å². The van der Waals surface area contributed by atoms with Gasteiger partial charge >= 0.3 is 17.9 Å². The van der Waals surface area contributed by atoms with Crippen molar-refractivity contribution in [1.29, 1.82) is 0 Å². The molecule has 2 aliphatic rings. The summed E-state index contributed by atoms with van der Waals surface area (Å²) in [6.45, 7) is 1.28. The number of aliphatic hydroxyl groups is 2. The number of aliphatic carboxylic acids is 3. The van der Waals surface area contributed by atoms with E-state index in [4.69, 9.17) is 34.4 Å². The number of aromatic amines is 1. The van der Waals surface area contributed by atoms with E-state index < -0.39 is 193 Å². The number of hydrogen-bond donors (Lipinski definition) is 21. The molecule has 0 aliphatic carbocycles. The molecule has 0 saturated carbocycles. The second-order valence-corrected chi connectivity index (χ2v) is 25.3. The summed E-state index contributed by atoms with van der Waals surface area (Å²) in [7, 11) is 0. The molecule has 0 bridgehead atoms. The first kappa shape index (κ1) is 84.0. The summed E-state index contributed by atoms with van der Waals surface area (Å²) >= 11 is 1.19. The molecule has 41 heteroatoms. The van der Waals surface area contributed by atoms with Gasteiger partial charge in [0, 0.05) is 56.1 Å². The van der Waals surface area contributed by atoms with Crippen molar-refractivity contribution in [1.82, 2.24) is 62.6 Å². The van der Waals surface area contributed by atoms with Gasteiger partial charge in [0.2, 0.25) is 70.9 Å². The third-order valence-electron chi connectivity index (χ3n) is 16.4. The van der Waals surface area contributed by atoms with Gasteiger partial charge in [-0.25, -0.2) is 4.79 Å². The number of aliphatic hydroxyl groups excluding tert-OH is 2. The highest BCUT2D eigenvalue weighted by atomic mass is 32.2. The standard InChI is InChI=1S/C61H94N20O20S/c1-29(82)47(79-56(97)48(30(2)83)78-54(95)41-14-8-21-80(41)57(98)37(16-17-45(86)87)71-44(85)27-62)55(96)76-39(26-46(88)89)53(94)74-36(18-23-102-3)51(92)72-34(12-6-19-68-60(64)65)49(90)75-38(24-31-28-70-33-11-5-4-10-32(31)33)52(93)73-35(13-7-20-69-61(66)67)50(91)77-40(25-43(63)84)58(99)81-22-9-15-42(81)59(100)101/h4-5,10-11,28-30,34-42,47-48,70,82-83H,6-9,12-27,62H2,1-3H3,(H2,63,84)(H,71,85)(H,72,92)(H,73,93)(H,74,94)(H,75,90)(H,76,96)(H,77,91)(H,78,95)(H,79,97)(H,86,87)(H,88,89)(H,100,101)(H4,64,65,68)(H4,66,67,69)/t29-,30-,34+,35+,36+,37+,38+,39+,40+,41+,42+,47+,48+/m1/s1. The summed E-state index contributed by atoms with van der Waals surface area (Å²) in [6.07, 6.45) is -3.75. The first-order valence-electron chi connectivity index (χ1n) is 32.7. The number of para-hydroxylation sites is 1. The van der Waals surface area contributed by atoms with Crippen LogP contribution in [-0.4, -0.2) is 264 Å². The maximum atomic E-state index is 14.9. The Kier molecular flexibility index (Phi) is 34.1. The number of aliphatic imine (C=N–C) groups is 2. The number of carbonyl (C=O) groups excluding carboxylic acids is 12. The molecular weight excluding hydrogens is 1360 g/mol. The number of carboxylic acids is 3. The number of nitrogens with one attached hydrogen (secondary N) is 10. The van der Waals surface area contributed by atoms with Gasteiger partial charge in [0.1, 0.15) is 66.5 Å². The first-order chi connectivity index (χ1) is 48.2. The third kappa shape index (κ3) is 26.6. The zero-order chi connectivity index (χ0) is 76.1. The van der Waals surface area contributed by atoms with Crippen LogP contribution in [0.4, 0.5) is 0 Å². The molecule has 27 N–H and O–H groups in total. The molecule has 4 rings (SSSR count). The SMILES string of the molecule is CSCC[C@H](NC(=O)[C@H](CC(=O)O)NC(=O)[C@@H](NC(=O)[C@@H](NC(=O)[C@@H]1CCCN1C(=O)[C@H](CCC(=O)O)NC(=O)CN)[C@@H](C)O)[C@@H](C)O)C(=O)N[C@@H](CCCN=C(N)N)C(=O)N[C@@H](Cc1c[nH]c2ccccc12)C(=O)N[C@@H](CCCN=C(N)N)C(=O)N[C@@H](CC(N)=O)C(=O)N1CCC[C@H]1C(=O)O. The Balaban J connectivity index is 1.64. The Morgan fingerprint density at radius 1 is 0.559 bits per heavy atom. The van der Waals surface area contributed by atoms with Gasteiger partial charge in [0.15, 0.2) is 11.9 Å². The van der Waals surface area contributed by atoms with Crippen LogP contribution in [0.15, 0.2) is 40.4 Å².